The number of aromatic amines is 1. The molecule has 0 bridgehead atoms. The van der Waals surface area contributed by atoms with E-state index in [0.29, 0.717) is 29.2 Å². The molecule has 0 saturated carbocycles. The Bertz CT molecular complexity index is 912. The predicted octanol–water partition coefficient (Wildman–Crippen LogP) is 3.93. The molecule has 1 heterocycles. The highest BCUT2D eigenvalue weighted by Gasteiger charge is 2.12. The van der Waals surface area contributed by atoms with Crippen molar-refractivity contribution in [2.75, 3.05) is 11.9 Å². The second-order valence-electron chi connectivity index (χ2n) is 5.71. The molecule has 0 radical (unpaired) electrons. The van der Waals surface area contributed by atoms with Crippen molar-refractivity contribution >= 4 is 17.4 Å². The minimum Gasteiger partial charge on any atom is -0.494 e. The Hall–Kier alpha value is -3.41. The first-order chi connectivity index (χ1) is 12.6. The Kier molecular flexibility index (Phi) is 5.12. The van der Waals surface area contributed by atoms with E-state index in [1.54, 1.807) is 30.3 Å². The number of ketones is 1. The first kappa shape index (κ1) is 17.4. The van der Waals surface area contributed by atoms with Gasteiger partial charge < -0.3 is 10.1 Å². The number of H-pyrrole nitrogens is 1. The van der Waals surface area contributed by atoms with Crippen LogP contribution in [0.4, 0.5) is 5.69 Å². The molecule has 2 N–H and O–H groups in total. The SMILES string of the molecule is CCOc1ccc(-c2cc(C(=O)Nc3ccc(C(C)=O)cc3)[nH]n2)cc1. The van der Waals surface area contributed by atoms with E-state index in [9.17, 15) is 9.59 Å². The summed E-state index contributed by atoms with van der Waals surface area (Å²) in [5.74, 6) is 0.473. The number of Topliss-reactive ketones (excluding diaryl/α,β-unsaturated/α-hetero) is 1. The monoisotopic (exact) mass is 349 g/mol. The molecule has 1 aromatic heterocycles. The Morgan fingerprint density at radius 2 is 1.77 bits per heavy atom. The third kappa shape index (κ3) is 3.97. The molecule has 132 valence electrons. The number of ether oxygens (including phenoxy) is 1. The summed E-state index contributed by atoms with van der Waals surface area (Å²) in [5.41, 5.74) is 3.11. The second kappa shape index (κ2) is 7.65. The van der Waals surface area contributed by atoms with Crippen LogP contribution in [0.5, 0.6) is 5.75 Å². The summed E-state index contributed by atoms with van der Waals surface area (Å²) in [7, 11) is 0. The lowest BCUT2D eigenvalue weighted by molar-refractivity contribution is 0.101. The molecule has 0 unspecified atom stereocenters. The van der Waals surface area contributed by atoms with Gasteiger partial charge >= 0.3 is 0 Å². The van der Waals surface area contributed by atoms with Crippen LogP contribution in [0.2, 0.25) is 0 Å². The summed E-state index contributed by atoms with van der Waals surface area (Å²) >= 11 is 0. The van der Waals surface area contributed by atoms with E-state index in [1.807, 2.05) is 31.2 Å². The van der Waals surface area contributed by atoms with Crippen LogP contribution >= 0.6 is 0 Å². The third-order valence-corrected chi connectivity index (χ3v) is 3.83. The second-order valence-corrected chi connectivity index (χ2v) is 5.71. The molecule has 0 aliphatic heterocycles. The maximum Gasteiger partial charge on any atom is 0.273 e. The number of carbonyl (C=O) groups excluding carboxylic acids is 2. The average molecular weight is 349 g/mol. The molecule has 0 aliphatic carbocycles. The molecule has 6 heteroatoms. The van der Waals surface area contributed by atoms with Crippen LogP contribution in [0.15, 0.2) is 54.6 Å². The van der Waals surface area contributed by atoms with E-state index in [-0.39, 0.29) is 11.7 Å². The van der Waals surface area contributed by atoms with Crippen molar-refractivity contribution < 1.29 is 14.3 Å². The van der Waals surface area contributed by atoms with Gasteiger partial charge in [0.25, 0.3) is 5.91 Å². The van der Waals surface area contributed by atoms with Gasteiger partial charge in [-0.1, -0.05) is 0 Å². The molecule has 0 aliphatic rings. The topological polar surface area (TPSA) is 84.1 Å². The fourth-order valence-electron chi connectivity index (χ4n) is 2.46. The molecule has 0 fully saturated rings. The average Bonchev–Trinajstić information content (AvgIpc) is 3.13. The summed E-state index contributed by atoms with van der Waals surface area (Å²) < 4.78 is 5.42. The van der Waals surface area contributed by atoms with Crippen LogP contribution in [0, 0.1) is 0 Å². The number of nitrogens with one attached hydrogen (secondary N) is 2. The van der Waals surface area contributed by atoms with E-state index in [1.165, 1.54) is 6.92 Å². The lowest BCUT2D eigenvalue weighted by atomic mass is 10.1. The molecule has 3 rings (SSSR count). The van der Waals surface area contributed by atoms with E-state index in [0.717, 1.165) is 11.3 Å². The first-order valence-electron chi connectivity index (χ1n) is 8.28. The number of hydrogen-bond donors (Lipinski definition) is 2. The van der Waals surface area contributed by atoms with Gasteiger partial charge in [0.05, 0.1) is 12.3 Å². The lowest BCUT2D eigenvalue weighted by Gasteiger charge is -2.04. The van der Waals surface area contributed by atoms with Crippen molar-refractivity contribution in [2.24, 2.45) is 0 Å². The molecule has 6 nitrogen and oxygen atoms in total. The van der Waals surface area contributed by atoms with Crippen molar-refractivity contribution in [1.82, 2.24) is 10.2 Å². The van der Waals surface area contributed by atoms with Gasteiger partial charge in [0, 0.05) is 16.8 Å². The summed E-state index contributed by atoms with van der Waals surface area (Å²) in [6, 6.07) is 15.9. The molecular weight excluding hydrogens is 330 g/mol. The van der Waals surface area contributed by atoms with Gasteiger partial charge in [0.1, 0.15) is 11.4 Å². The van der Waals surface area contributed by atoms with Crippen LogP contribution in [0.1, 0.15) is 34.7 Å². The highest BCUT2D eigenvalue weighted by Crippen LogP contribution is 2.21. The van der Waals surface area contributed by atoms with E-state index >= 15 is 0 Å². The summed E-state index contributed by atoms with van der Waals surface area (Å²) in [4.78, 5) is 23.6. The van der Waals surface area contributed by atoms with Crippen LogP contribution in [-0.2, 0) is 0 Å². The smallest absolute Gasteiger partial charge is 0.273 e. The van der Waals surface area contributed by atoms with E-state index < -0.39 is 0 Å². The predicted molar refractivity (Wildman–Crippen MR) is 99.6 cm³/mol. The Morgan fingerprint density at radius 1 is 1.08 bits per heavy atom. The first-order valence-corrected chi connectivity index (χ1v) is 8.28. The van der Waals surface area contributed by atoms with Crippen molar-refractivity contribution in [3.63, 3.8) is 0 Å². The molecule has 26 heavy (non-hydrogen) atoms. The maximum atomic E-state index is 12.3. The van der Waals surface area contributed by atoms with Crippen molar-refractivity contribution in [3.8, 4) is 17.0 Å². The van der Waals surface area contributed by atoms with Gasteiger partial charge in [-0.3, -0.25) is 14.7 Å². The highest BCUT2D eigenvalue weighted by molar-refractivity contribution is 6.03. The van der Waals surface area contributed by atoms with Crippen molar-refractivity contribution in [1.29, 1.82) is 0 Å². The Morgan fingerprint density at radius 3 is 2.38 bits per heavy atom. The number of carbonyl (C=O) groups is 2. The number of anilines is 1. The van der Waals surface area contributed by atoms with Gasteiger partial charge in [0.2, 0.25) is 0 Å². The summed E-state index contributed by atoms with van der Waals surface area (Å²) in [6.45, 7) is 4.04. The molecule has 3 aromatic rings. The fourth-order valence-corrected chi connectivity index (χ4v) is 2.46. The number of hydrogen-bond acceptors (Lipinski definition) is 4. The largest absolute Gasteiger partial charge is 0.494 e. The Labute approximate surface area is 151 Å². The zero-order valence-corrected chi connectivity index (χ0v) is 14.6. The number of rotatable bonds is 6. The zero-order valence-electron chi connectivity index (χ0n) is 14.6. The number of aromatic nitrogens is 2. The van der Waals surface area contributed by atoms with Crippen molar-refractivity contribution in [3.05, 3.63) is 65.9 Å². The summed E-state index contributed by atoms with van der Waals surface area (Å²) in [6.07, 6.45) is 0. The molecular formula is C20H19N3O3. The van der Waals surface area contributed by atoms with Gasteiger partial charge in [0.15, 0.2) is 5.78 Å². The normalized spacial score (nSPS) is 10.4. The minimum atomic E-state index is -0.301. The number of nitrogens with zero attached hydrogens (tertiary/aromatic N) is 1. The van der Waals surface area contributed by atoms with Crippen LogP contribution in [0.3, 0.4) is 0 Å². The van der Waals surface area contributed by atoms with E-state index in [4.69, 9.17) is 4.74 Å². The molecule has 1 amide bonds. The third-order valence-electron chi connectivity index (χ3n) is 3.83. The Balaban J connectivity index is 1.70. The maximum absolute atomic E-state index is 12.3. The van der Waals surface area contributed by atoms with Gasteiger partial charge in [-0.15, -0.1) is 0 Å². The van der Waals surface area contributed by atoms with E-state index in [2.05, 4.69) is 15.5 Å². The van der Waals surface area contributed by atoms with Gasteiger partial charge in [-0.05, 0) is 68.4 Å². The summed E-state index contributed by atoms with van der Waals surface area (Å²) in [5, 5.41) is 9.71. The molecule has 0 spiro atoms. The number of amides is 1. The van der Waals surface area contributed by atoms with Crippen LogP contribution in [0.25, 0.3) is 11.3 Å². The minimum absolute atomic E-state index is 0.0172. The van der Waals surface area contributed by atoms with Crippen molar-refractivity contribution in [2.45, 2.75) is 13.8 Å². The molecule has 0 saturated heterocycles. The molecule has 2 aromatic carbocycles. The van der Waals surface area contributed by atoms with Gasteiger partial charge in [-0.2, -0.15) is 5.10 Å². The number of benzene rings is 2. The highest BCUT2D eigenvalue weighted by atomic mass is 16.5. The van der Waals surface area contributed by atoms with Crippen LogP contribution < -0.4 is 10.1 Å². The molecule has 0 atom stereocenters. The van der Waals surface area contributed by atoms with Gasteiger partial charge in [-0.25, -0.2) is 0 Å². The van der Waals surface area contributed by atoms with Crippen LogP contribution in [-0.4, -0.2) is 28.5 Å². The standard InChI is InChI=1S/C20H19N3O3/c1-3-26-17-10-6-15(7-11-17)18-12-19(23-22-18)20(25)21-16-8-4-14(5-9-16)13(2)24/h4-12H,3H2,1-2H3,(H,21,25)(H,22,23). The lowest BCUT2D eigenvalue weighted by Crippen LogP contribution is -2.12. The quantitative estimate of drug-likeness (QED) is 0.660. The fraction of sp³-hybridized carbons (Fsp3) is 0.150. The zero-order chi connectivity index (χ0) is 18.5.